The van der Waals surface area contributed by atoms with Gasteiger partial charge in [0, 0.05) is 53.6 Å². The maximum atomic E-state index is 13.5. The van der Waals surface area contributed by atoms with Gasteiger partial charge < -0.3 is 15.2 Å². The molecule has 1 fully saturated rings. The first kappa shape index (κ1) is 28.9. The molecule has 0 atom stereocenters. The number of urea groups is 1. The fourth-order valence-corrected chi connectivity index (χ4v) is 5.51. The number of hydrogen-bond donors (Lipinski definition) is 2. The number of halogens is 4. The first-order valence-corrected chi connectivity index (χ1v) is 14.3. The predicted molar refractivity (Wildman–Crippen MR) is 157 cm³/mol. The van der Waals surface area contributed by atoms with Gasteiger partial charge in [-0.05, 0) is 55.7 Å². The van der Waals surface area contributed by atoms with E-state index in [9.17, 15) is 18.0 Å². The number of nitrogens with one attached hydrogen (secondary N) is 2. The summed E-state index contributed by atoms with van der Waals surface area (Å²) in [4.78, 5) is 25.6. The lowest BCUT2D eigenvalue weighted by molar-refractivity contribution is -0.137. The summed E-state index contributed by atoms with van der Waals surface area (Å²) in [5, 5.41) is 3.06. The zero-order valence-corrected chi connectivity index (χ0v) is 24.2. The Morgan fingerprint density at radius 1 is 1.05 bits per heavy atom. The van der Waals surface area contributed by atoms with Crippen LogP contribution in [0.1, 0.15) is 35.4 Å². The number of piperidine rings is 1. The van der Waals surface area contributed by atoms with Crippen LogP contribution in [0.2, 0.25) is 0 Å². The molecule has 6 nitrogen and oxygen atoms in total. The van der Waals surface area contributed by atoms with Crippen molar-refractivity contribution < 1.29 is 18.0 Å². The minimum absolute atomic E-state index is 0.0709. The van der Waals surface area contributed by atoms with E-state index in [1.54, 1.807) is 0 Å². The Hall–Kier alpha value is -3.63. The van der Waals surface area contributed by atoms with Gasteiger partial charge in [-0.1, -0.05) is 64.5 Å². The number of benzene rings is 3. The minimum atomic E-state index is -4.37. The Morgan fingerprint density at radius 2 is 1.76 bits per heavy atom. The van der Waals surface area contributed by atoms with Crippen molar-refractivity contribution in [1.29, 1.82) is 0 Å². The zero-order chi connectivity index (χ0) is 29.0. The maximum Gasteiger partial charge on any atom is 0.416 e. The molecule has 41 heavy (non-hydrogen) atoms. The number of aromatic nitrogens is 2. The molecule has 0 bridgehead atoms. The van der Waals surface area contributed by atoms with Crippen LogP contribution in [-0.4, -0.2) is 44.9 Å². The van der Waals surface area contributed by atoms with E-state index in [1.165, 1.54) is 12.1 Å². The summed E-state index contributed by atoms with van der Waals surface area (Å²) in [6.45, 7) is 4.65. The van der Waals surface area contributed by atoms with Gasteiger partial charge in [0.2, 0.25) is 0 Å². The van der Waals surface area contributed by atoms with Gasteiger partial charge in [0.25, 0.3) is 0 Å². The number of carbonyl (C=O) groups is 1. The summed E-state index contributed by atoms with van der Waals surface area (Å²) in [7, 11) is 0. The first-order valence-electron chi connectivity index (χ1n) is 13.5. The quantitative estimate of drug-likeness (QED) is 0.220. The van der Waals surface area contributed by atoms with Crippen LogP contribution >= 0.6 is 15.9 Å². The van der Waals surface area contributed by atoms with Crippen LogP contribution in [0.4, 0.5) is 23.7 Å². The molecule has 1 aromatic heterocycles. The van der Waals surface area contributed by atoms with Crippen LogP contribution in [0.5, 0.6) is 0 Å². The largest absolute Gasteiger partial charge is 0.416 e. The van der Waals surface area contributed by atoms with Crippen molar-refractivity contribution >= 4 is 27.6 Å². The number of nitrogens with zero attached hydrogens (tertiary/aromatic N) is 3. The van der Waals surface area contributed by atoms with Crippen molar-refractivity contribution in [3.8, 4) is 11.4 Å². The molecule has 1 saturated heterocycles. The molecular formula is C31H31BrF3N5O. The molecule has 10 heteroatoms. The zero-order valence-electron chi connectivity index (χ0n) is 22.6. The molecular weight excluding hydrogens is 595 g/mol. The molecule has 4 aromatic rings. The van der Waals surface area contributed by atoms with E-state index >= 15 is 0 Å². The molecule has 2 heterocycles. The highest BCUT2D eigenvalue weighted by Crippen LogP contribution is 2.31. The molecule has 0 unspecified atom stereocenters. The second kappa shape index (κ2) is 12.5. The molecule has 1 aliphatic rings. The number of rotatable bonds is 7. The number of imidazole rings is 1. The van der Waals surface area contributed by atoms with Gasteiger partial charge in [0.15, 0.2) is 0 Å². The third kappa shape index (κ3) is 7.37. The summed E-state index contributed by atoms with van der Waals surface area (Å²) in [5.41, 5.74) is 3.49. The molecule has 0 radical (unpaired) electrons. The average Bonchev–Trinajstić information content (AvgIpc) is 3.32. The van der Waals surface area contributed by atoms with E-state index in [2.05, 4.69) is 31.1 Å². The van der Waals surface area contributed by atoms with Gasteiger partial charge in [0.05, 0.1) is 11.3 Å². The molecule has 3 aromatic carbocycles. The lowest BCUT2D eigenvalue weighted by Gasteiger charge is -2.38. The van der Waals surface area contributed by atoms with Crippen LogP contribution in [0.3, 0.4) is 0 Å². The topological polar surface area (TPSA) is 64.3 Å². The van der Waals surface area contributed by atoms with Crippen molar-refractivity contribution in [2.75, 3.05) is 18.4 Å². The van der Waals surface area contributed by atoms with Crippen LogP contribution < -0.4 is 5.32 Å². The van der Waals surface area contributed by atoms with Gasteiger partial charge >= 0.3 is 12.2 Å². The smallest absolute Gasteiger partial charge is 0.342 e. The Kier molecular flexibility index (Phi) is 8.79. The van der Waals surface area contributed by atoms with E-state index in [0.29, 0.717) is 24.5 Å². The summed E-state index contributed by atoms with van der Waals surface area (Å²) in [6, 6.07) is 22.5. The summed E-state index contributed by atoms with van der Waals surface area (Å²) >= 11 is 3.46. The molecule has 1 aliphatic heterocycles. The van der Waals surface area contributed by atoms with Gasteiger partial charge in [-0.3, -0.25) is 4.90 Å². The number of alkyl halides is 3. The Morgan fingerprint density at radius 3 is 2.41 bits per heavy atom. The van der Waals surface area contributed by atoms with Crippen molar-refractivity contribution in [2.24, 2.45) is 0 Å². The Bertz CT molecular complexity index is 1470. The monoisotopic (exact) mass is 625 g/mol. The molecule has 0 saturated carbocycles. The second-order valence-electron chi connectivity index (χ2n) is 10.3. The Labute approximate surface area is 245 Å². The van der Waals surface area contributed by atoms with Crippen LogP contribution in [0.15, 0.2) is 83.3 Å². The van der Waals surface area contributed by atoms with Gasteiger partial charge in [-0.2, -0.15) is 13.2 Å². The van der Waals surface area contributed by atoms with Crippen molar-refractivity contribution in [3.63, 3.8) is 0 Å². The lowest BCUT2D eigenvalue weighted by atomic mass is 10.0. The summed E-state index contributed by atoms with van der Waals surface area (Å²) < 4.78 is 39.7. The number of carbonyl (C=O) groups excluding carboxylic acids is 1. The molecule has 0 spiro atoms. The van der Waals surface area contributed by atoms with E-state index in [1.807, 2.05) is 66.4 Å². The highest BCUT2D eigenvalue weighted by molar-refractivity contribution is 9.10. The number of hydrogen-bond acceptors (Lipinski definition) is 3. The fourth-order valence-electron chi connectivity index (χ4n) is 5.11. The highest BCUT2D eigenvalue weighted by atomic mass is 79.9. The van der Waals surface area contributed by atoms with Crippen LogP contribution in [-0.2, 0) is 19.3 Å². The molecule has 0 aliphatic carbocycles. The molecule has 214 valence electrons. The summed E-state index contributed by atoms with van der Waals surface area (Å²) in [5.74, 6) is 0.555. The molecule has 2 amide bonds. The molecule has 5 rings (SSSR count). The number of likely N-dealkylation sites (tertiary alicyclic amines) is 1. The Balaban J connectivity index is 1.24. The van der Waals surface area contributed by atoms with E-state index in [4.69, 9.17) is 4.98 Å². The number of anilines is 1. The van der Waals surface area contributed by atoms with Crippen molar-refractivity contribution in [1.82, 2.24) is 19.8 Å². The number of H-pyrrole nitrogens is 1. The maximum absolute atomic E-state index is 13.5. The first-order chi connectivity index (χ1) is 19.7. The third-order valence-electron chi connectivity index (χ3n) is 7.37. The van der Waals surface area contributed by atoms with Gasteiger partial charge in [0.1, 0.15) is 5.82 Å². The average molecular weight is 627 g/mol. The third-order valence-corrected chi connectivity index (χ3v) is 7.87. The minimum Gasteiger partial charge on any atom is -0.342 e. The summed E-state index contributed by atoms with van der Waals surface area (Å²) in [6.07, 6.45) is -2.74. The SMILES string of the molecule is Cc1[nH]c(-c2ccc(C(F)(F)F)cc2)nc1CN1CCC(N(Cc2ccccc2)C(=O)Nc2cccc(Br)c2)CC1. The lowest BCUT2D eigenvalue weighted by Crippen LogP contribution is -2.48. The number of amides is 2. The number of aromatic amines is 1. The van der Waals surface area contributed by atoms with Gasteiger partial charge in [-0.15, -0.1) is 0 Å². The van der Waals surface area contributed by atoms with E-state index in [-0.39, 0.29) is 12.1 Å². The van der Waals surface area contributed by atoms with Crippen molar-refractivity contribution in [3.05, 3.63) is 106 Å². The van der Waals surface area contributed by atoms with Crippen LogP contribution in [0.25, 0.3) is 11.4 Å². The molecule has 2 N–H and O–H groups in total. The standard InChI is InChI=1S/C31H31BrF3N5O/c1-21-28(38-29(36-21)23-10-12-24(13-11-23)31(33,34)35)20-39-16-14-27(15-17-39)40(19-22-6-3-2-4-7-22)30(41)37-26-9-5-8-25(32)18-26/h2-13,18,27H,14-17,19-20H2,1H3,(H,36,38)(H,37,41). The second-order valence-corrected chi connectivity index (χ2v) is 11.2. The predicted octanol–water partition coefficient (Wildman–Crippen LogP) is 7.87. The fraction of sp³-hybridized carbons (Fsp3) is 0.290. The van der Waals surface area contributed by atoms with Gasteiger partial charge in [-0.25, -0.2) is 9.78 Å². The number of aryl methyl sites for hydroxylation is 1. The van der Waals surface area contributed by atoms with Crippen LogP contribution in [0, 0.1) is 6.92 Å². The highest BCUT2D eigenvalue weighted by Gasteiger charge is 2.31. The normalized spacial score (nSPS) is 14.7. The van der Waals surface area contributed by atoms with Crippen molar-refractivity contribution in [2.45, 2.75) is 45.1 Å². The van der Waals surface area contributed by atoms with E-state index in [0.717, 1.165) is 65.2 Å². The van der Waals surface area contributed by atoms with E-state index < -0.39 is 11.7 Å².